The SMILES string of the molecule is CC(C)(C)C(=O)Oc1ccc(S(=O)(=O)C(=[N+]=[N-])S(=O)(=O)c2ccccc2)cc1. The number of benzene rings is 2. The number of nitrogens with zero attached hydrogens (tertiary/aromatic N) is 2. The molecule has 0 bridgehead atoms. The fourth-order valence-electron chi connectivity index (χ4n) is 2.00. The normalized spacial score (nSPS) is 12.1. The molecule has 0 amide bonds. The topological polar surface area (TPSA) is 131 Å². The minimum Gasteiger partial charge on any atom is -0.426 e. The van der Waals surface area contributed by atoms with Crippen LogP contribution in [0.15, 0.2) is 64.4 Å². The van der Waals surface area contributed by atoms with Crippen LogP contribution in [0.5, 0.6) is 5.75 Å². The molecule has 0 unspecified atom stereocenters. The van der Waals surface area contributed by atoms with Gasteiger partial charge >= 0.3 is 10.3 Å². The van der Waals surface area contributed by atoms with Gasteiger partial charge in [0.05, 0.1) is 15.2 Å². The minimum absolute atomic E-state index is 0.0901. The maximum atomic E-state index is 12.7. The van der Waals surface area contributed by atoms with E-state index in [1.165, 1.54) is 36.4 Å². The van der Waals surface area contributed by atoms with E-state index in [-0.39, 0.29) is 10.6 Å². The number of hydrogen-bond acceptors (Lipinski definition) is 6. The molecule has 28 heavy (non-hydrogen) atoms. The number of carbonyl (C=O) groups is 1. The lowest BCUT2D eigenvalue weighted by molar-refractivity contribution is -0.143. The summed E-state index contributed by atoms with van der Waals surface area (Å²) in [4.78, 5) is 13.7. The molecule has 0 atom stereocenters. The van der Waals surface area contributed by atoms with Crippen LogP contribution in [0.25, 0.3) is 5.53 Å². The van der Waals surface area contributed by atoms with Crippen LogP contribution in [-0.4, -0.2) is 32.0 Å². The second kappa shape index (κ2) is 7.67. The van der Waals surface area contributed by atoms with Crippen molar-refractivity contribution in [3.05, 3.63) is 60.1 Å². The summed E-state index contributed by atoms with van der Waals surface area (Å²) in [6.45, 7) is 4.98. The van der Waals surface area contributed by atoms with Crippen molar-refractivity contribution in [2.45, 2.75) is 30.6 Å². The summed E-state index contributed by atoms with van der Waals surface area (Å²) < 4.78 is 54.3. The maximum Gasteiger partial charge on any atom is 0.504 e. The largest absolute Gasteiger partial charge is 0.504 e. The highest BCUT2D eigenvalue weighted by Crippen LogP contribution is 2.24. The zero-order valence-corrected chi connectivity index (χ0v) is 17.0. The number of hydrogen-bond donors (Lipinski definition) is 0. The van der Waals surface area contributed by atoms with Crippen LogP contribution >= 0.6 is 0 Å². The van der Waals surface area contributed by atoms with Crippen LogP contribution in [0.3, 0.4) is 0 Å². The molecular weight excluding hydrogens is 404 g/mol. The second-order valence-electron chi connectivity index (χ2n) is 6.80. The Labute approximate surface area is 163 Å². The molecule has 0 aromatic heterocycles. The van der Waals surface area contributed by atoms with E-state index in [9.17, 15) is 21.6 Å². The summed E-state index contributed by atoms with van der Waals surface area (Å²) >= 11 is 0. The molecule has 0 aliphatic rings. The predicted octanol–water partition coefficient (Wildman–Crippen LogP) is 2.47. The summed E-state index contributed by atoms with van der Waals surface area (Å²) in [7, 11) is -9.24. The molecule has 0 N–H and O–H groups in total. The van der Waals surface area contributed by atoms with Crippen molar-refractivity contribution in [2.24, 2.45) is 5.41 Å². The van der Waals surface area contributed by atoms with Crippen LogP contribution in [-0.2, 0) is 24.5 Å². The van der Waals surface area contributed by atoms with Gasteiger partial charge in [-0.05, 0) is 57.2 Å². The highest BCUT2D eigenvalue weighted by Gasteiger charge is 2.43. The smallest absolute Gasteiger partial charge is 0.426 e. The first-order valence-corrected chi connectivity index (χ1v) is 11.0. The van der Waals surface area contributed by atoms with Crippen molar-refractivity contribution in [3.63, 3.8) is 0 Å². The monoisotopic (exact) mass is 422 g/mol. The molecule has 0 spiro atoms. The van der Waals surface area contributed by atoms with Gasteiger partial charge < -0.3 is 10.3 Å². The Kier molecular flexibility index (Phi) is 5.88. The Balaban J connectivity index is 2.41. The Morgan fingerprint density at radius 1 is 0.857 bits per heavy atom. The summed E-state index contributed by atoms with van der Waals surface area (Å²) in [5, 5.41) is 0. The van der Waals surface area contributed by atoms with Crippen molar-refractivity contribution in [1.82, 2.24) is 0 Å². The van der Waals surface area contributed by atoms with Crippen LogP contribution in [0.2, 0.25) is 0 Å². The van der Waals surface area contributed by atoms with E-state index in [0.29, 0.717) is 0 Å². The van der Waals surface area contributed by atoms with Gasteiger partial charge in [0.2, 0.25) is 0 Å². The molecule has 148 valence electrons. The molecule has 0 fully saturated rings. The molecule has 0 saturated carbocycles. The lowest BCUT2D eigenvalue weighted by Crippen LogP contribution is -2.26. The van der Waals surface area contributed by atoms with E-state index < -0.39 is 40.3 Å². The molecular formula is C18H18N2O6S2. The Morgan fingerprint density at radius 2 is 1.32 bits per heavy atom. The van der Waals surface area contributed by atoms with E-state index in [4.69, 9.17) is 10.3 Å². The standard InChI is InChI=1S/C18H18N2O6S2/c1-18(2,3)16(21)26-13-9-11-15(12-10-13)28(24,25)17(20-19)27(22,23)14-7-5-4-6-8-14/h4-12H,1-3H3. The van der Waals surface area contributed by atoms with E-state index in [0.717, 1.165) is 12.1 Å². The molecule has 0 heterocycles. The van der Waals surface area contributed by atoms with E-state index >= 15 is 0 Å². The fourth-order valence-corrected chi connectivity index (χ4v) is 5.36. The van der Waals surface area contributed by atoms with E-state index in [1.54, 1.807) is 26.8 Å². The molecule has 2 aromatic carbocycles. The third-order valence-corrected chi connectivity index (χ3v) is 7.74. The molecule has 2 aromatic rings. The highest BCUT2D eigenvalue weighted by molar-refractivity contribution is 8.31. The molecule has 0 saturated heterocycles. The number of sulfone groups is 2. The summed E-state index contributed by atoms with van der Waals surface area (Å²) in [5.41, 5.74) is 8.38. The van der Waals surface area contributed by atoms with Gasteiger partial charge in [-0.15, -0.1) is 4.79 Å². The first-order valence-electron chi connectivity index (χ1n) is 8.00. The average Bonchev–Trinajstić information content (AvgIpc) is 2.62. The first kappa shape index (κ1) is 21.5. The van der Waals surface area contributed by atoms with Crippen molar-refractivity contribution in [2.75, 3.05) is 0 Å². The van der Waals surface area contributed by atoms with Crippen molar-refractivity contribution in [3.8, 4) is 5.75 Å². The number of rotatable bonds is 3. The average molecular weight is 422 g/mol. The van der Waals surface area contributed by atoms with Gasteiger partial charge in [-0.3, -0.25) is 4.79 Å². The Bertz CT molecular complexity index is 1140. The second-order valence-corrected chi connectivity index (χ2v) is 10.8. The van der Waals surface area contributed by atoms with Crippen molar-refractivity contribution >= 4 is 30.0 Å². The number of esters is 1. The highest BCUT2D eigenvalue weighted by atomic mass is 32.3. The molecule has 10 heteroatoms. The van der Waals surface area contributed by atoms with Crippen LogP contribution in [0.4, 0.5) is 0 Å². The maximum absolute atomic E-state index is 12.7. The van der Waals surface area contributed by atoms with E-state index in [2.05, 4.69) is 4.79 Å². The van der Waals surface area contributed by atoms with Crippen molar-refractivity contribution in [1.29, 1.82) is 0 Å². The quantitative estimate of drug-likeness (QED) is 0.186. The number of carbonyl (C=O) groups excluding carboxylic acids is 1. The van der Waals surface area contributed by atoms with Gasteiger partial charge in [0, 0.05) is 0 Å². The van der Waals surface area contributed by atoms with Gasteiger partial charge in [-0.2, -0.15) is 0 Å². The zero-order valence-electron chi connectivity index (χ0n) is 15.4. The van der Waals surface area contributed by atoms with Gasteiger partial charge in [-0.25, -0.2) is 16.8 Å². The Morgan fingerprint density at radius 3 is 1.75 bits per heavy atom. The summed E-state index contributed by atoms with van der Waals surface area (Å²) in [5.74, 6) is -0.431. The molecule has 2 rings (SSSR count). The van der Waals surface area contributed by atoms with Gasteiger partial charge in [0.1, 0.15) is 5.75 Å². The lowest BCUT2D eigenvalue weighted by atomic mass is 9.97. The first-order chi connectivity index (χ1) is 12.9. The predicted molar refractivity (Wildman–Crippen MR) is 101 cm³/mol. The lowest BCUT2D eigenvalue weighted by Gasteiger charge is -2.16. The van der Waals surface area contributed by atoms with Crippen LogP contribution in [0.1, 0.15) is 20.8 Å². The zero-order chi connectivity index (χ0) is 21.2. The molecule has 8 nitrogen and oxygen atoms in total. The third kappa shape index (κ3) is 4.36. The molecule has 0 radical (unpaired) electrons. The third-order valence-electron chi connectivity index (χ3n) is 3.55. The molecule has 0 aliphatic carbocycles. The van der Waals surface area contributed by atoms with Gasteiger partial charge in [0.25, 0.3) is 19.7 Å². The van der Waals surface area contributed by atoms with Crippen LogP contribution < -0.4 is 4.74 Å². The van der Waals surface area contributed by atoms with Crippen LogP contribution in [0, 0.1) is 5.41 Å². The minimum atomic E-state index is -4.66. The van der Waals surface area contributed by atoms with Gasteiger partial charge in [0.15, 0.2) is 0 Å². The fraction of sp³-hybridized carbons (Fsp3) is 0.222. The molecule has 0 aliphatic heterocycles. The van der Waals surface area contributed by atoms with E-state index in [1.807, 2.05) is 0 Å². The number of ether oxygens (including phenoxy) is 1. The van der Waals surface area contributed by atoms with Gasteiger partial charge in [-0.1, -0.05) is 18.2 Å². The summed E-state index contributed by atoms with van der Waals surface area (Å²) in [6.07, 6.45) is 0. The van der Waals surface area contributed by atoms with Crippen molar-refractivity contribution < 1.29 is 31.2 Å². The summed E-state index contributed by atoms with van der Waals surface area (Å²) in [6, 6.07) is 11.3. The Hall–Kier alpha value is -2.81.